The van der Waals surface area contributed by atoms with Crippen LogP contribution in [0.25, 0.3) is 0 Å². The molecule has 0 spiro atoms. The average molecular weight is 903 g/mol. The minimum Gasteiger partial charge on any atom is -0.480 e. The van der Waals surface area contributed by atoms with Gasteiger partial charge in [0.1, 0.15) is 17.8 Å². The Hall–Kier alpha value is -3.68. The quantitative estimate of drug-likeness (QED) is 0.0730. The molecule has 1 aromatic carbocycles. The van der Waals surface area contributed by atoms with Gasteiger partial charge in [0.15, 0.2) is 0 Å². The molecule has 1 aliphatic heterocycles. The predicted molar refractivity (Wildman–Crippen MR) is 234 cm³/mol. The molecule has 0 bridgehead atoms. The van der Waals surface area contributed by atoms with Crippen molar-refractivity contribution in [3.05, 3.63) is 29.8 Å². The standard InChI is InChI=1S/C39H68N5O10P.C3H7NO3/c1-13-26(6)35(43(10)39(48)33(24(2)3)41-38(47)34(25(4)5)42(8)9)31(52-11)23-32(45)44-22-14-15-30(44)36(53-12)27(7)37(46)40-21-20-28-16-18-29(19-17-28)54-55(49,50)51;4-2(1-5)3(6)7/h16-19,24-27,30-31,33-36H,13-15,20-23H2,1-12H3,(H,40,46)(H,41,47)(H2,49,50,51);2,5H,1,4H2,(H,6,7)/t26-,27+,30-,31+,33-,34-,35-,36+;2-/m00/s1. The normalized spacial score (nSPS) is 18.1. The van der Waals surface area contributed by atoms with E-state index in [2.05, 4.69) is 15.2 Å². The van der Waals surface area contributed by atoms with Gasteiger partial charge in [0.2, 0.25) is 23.6 Å². The van der Waals surface area contributed by atoms with Crippen LogP contribution in [-0.2, 0) is 44.4 Å². The molecule has 0 aromatic heterocycles. The smallest absolute Gasteiger partial charge is 0.480 e. The molecular weight excluding hydrogens is 827 g/mol. The number of aliphatic carboxylic acids is 1. The number of phosphoric acid groups is 1. The molecule has 19 nitrogen and oxygen atoms in total. The van der Waals surface area contributed by atoms with Gasteiger partial charge < -0.3 is 50.4 Å². The van der Waals surface area contributed by atoms with Crippen LogP contribution in [0.3, 0.4) is 0 Å². The number of carboxylic acids is 1. The average Bonchev–Trinajstić information content (AvgIpc) is 3.68. The van der Waals surface area contributed by atoms with Gasteiger partial charge in [-0.2, -0.15) is 0 Å². The van der Waals surface area contributed by atoms with Crippen LogP contribution in [0.1, 0.15) is 79.7 Å². The van der Waals surface area contributed by atoms with Crippen molar-refractivity contribution in [1.82, 2.24) is 25.3 Å². The Balaban J connectivity index is 0.00000251. The number of phosphoric ester groups is 1. The number of hydrogen-bond acceptors (Lipinski definition) is 12. The van der Waals surface area contributed by atoms with Crippen molar-refractivity contribution in [2.24, 2.45) is 29.4 Å². The summed E-state index contributed by atoms with van der Waals surface area (Å²) in [4.78, 5) is 88.0. The summed E-state index contributed by atoms with van der Waals surface area (Å²) in [5, 5.41) is 21.9. The number of likely N-dealkylation sites (N-methyl/N-ethyl adjacent to an activating group) is 2. The number of aliphatic hydroxyl groups is 1. The van der Waals surface area contributed by atoms with E-state index in [0.717, 1.165) is 18.4 Å². The van der Waals surface area contributed by atoms with Crippen molar-refractivity contribution in [2.75, 3.05) is 55.1 Å². The summed E-state index contributed by atoms with van der Waals surface area (Å²) in [7, 11) is 3.86. The van der Waals surface area contributed by atoms with E-state index in [1.54, 1.807) is 50.1 Å². The fourth-order valence-electron chi connectivity index (χ4n) is 7.83. The van der Waals surface area contributed by atoms with Gasteiger partial charge in [0.25, 0.3) is 0 Å². The predicted octanol–water partition coefficient (Wildman–Crippen LogP) is 1.85. The van der Waals surface area contributed by atoms with Gasteiger partial charge in [0.05, 0.1) is 49.3 Å². The van der Waals surface area contributed by atoms with E-state index in [4.69, 9.17) is 35.2 Å². The van der Waals surface area contributed by atoms with Gasteiger partial charge in [-0.25, -0.2) is 4.57 Å². The Labute approximate surface area is 367 Å². The number of carbonyl (C=O) groups excluding carboxylic acids is 4. The van der Waals surface area contributed by atoms with Gasteiger partial charge in [-0.3, -0.25) is 38.7 Å². The number of ether oxygens (including phenoxy) is 2. The molecule has 1 heterocycles. The van der Waals surface area contributed by atoms with Crippen molar-refractivity contribution in [1.29, 1.82) is 0 Å². The topological polar surface area (TPSA) is 271 Å². The van der Waals surface area contributed by atoms with Crippen LogP contribution in [0.5, 0.6) is 5.75 Å². The van der Waals surface area contributed by atoms with Crippen LogP contribution < -0.4 is 20.9 Å². The zero-order valence-corrected chi connectivity index (χ0v) is 39.5. The summed E-state index contributed by atoms with van der Waals surface area (Å²) in [5.41, 5.74) is 5.61. The minimum atomic E-state index is -4.65. The molecule has 2 rings (SSSR count). The number of hydrogen-bond donors (Lipinski definition) is 7. The summed E-state index contributed by atoms with van der Waals surface area (Å²) in [6, 6.07) is 3.15. The molecule has 62 heavy (non-hydrogen) atoms. The third-order valence-corrected chi connectivity index (χ3v) is 11.8. The van der Waals surface area contributed by atoms with Gasteiger partial charge >= 0.3 is 13.8 Å². The highest BCUT2D eigenvalue weighted by Crippen LogP contribution is 2.37. The third kappa shape index (κ3) is 17.5. The summed E-state index contributed by atoms with van der Waals surface area (Å²) < 4.78 is 27.6. The molecule has 1 aromatic rings. The highest BCUT2D eigenvalue weighted by Gasteiger charge is 2.43. The number of rotatable bonds is 24. The van der Waals surface area contributed by atoms with E-state index < -0.39 is 62.7 Å². The Kier molecular flexibility index (Phi) is 24.4. The molecule has 1 saturated heterocycles. The lowest BCUT2D eigenvalue weighted by Crippen LogP contribution is -2.59. The minimum absolute atomic E-state index is 0.0172. The Morgan fingerprint density at radius 2 is 1.55 bits per heavy atom. The van der Waals surface area contributed by atoms with Gasteiger partial charge in [-0.1, -0.05) is 67.0 Å². The van der Waals surface area contributed by atoms with Gasteiger partial charge in [0, 0.05) is 34.4 Å². The van der Waals surface area contributed by atoms with Crippen molar-refractivity contribution in [3.8, 4) is 5.75 Å². The van der Waals surface area contributed by atoms with Crippen LogP contribution in [0, 0.1) is 23.7 Å². The summed E-state index contributed by atoms with van der Waals surface area (Å²) in [5.74, 6) is -2.72. The number of methoxy groups -OCH3 is 2. The first-order valence-electron chi connectivity index (χ1n) is 21.2. The molecule has 9 atom stereocenters. The van der Waals surface area contributed by atoms with E-state index in [0.29, 0.717) is 25.9 Å². The maximum atomic E-state index is 14.2. The molecular formula is C42H75N6O13P. The van der Waals surface area contributed by atoms with Crippen molar-refractivity contribution in [3.63, 3.8) is 0 Å². The Morgan fingerprint density at radius 3 is 1.98 bits per heavy atom. The number of nitrogens with zero attached hydrogens (tertiary/aromatic N) is 3. The zero-order chi connectivity index (χ0) is 47.6. The number of nitrogens with two attached hydrogens (primary N) is 1. The van der Waals surface area contributed by atoms with Crippen LogP contribution in [0.2, 0.25) is 0 Å². The lowest BCUT2D eigenvalue weighted by molar-refractivity contribution is -0.148. The lowest BCUT2D eigenvalue weighted by atomic mass is 9.89. The SMILES string of the molecule is CC[C@H](C)[C@@H]([C@@H](CC(=O)N1CCC[C@H]1[C@H](OC)[C@@H](C)C(=O)NCCc1ccc(OP(=O)(O)O)cc1)OC)N(C)C(=O)[C@@H](NC(=O)[C@H](C(C)C)N(C)C)C(C)C.N[C@@H](CO)C(=O)O. The van der Waals surface area contributed by atoms with E-state index in [9.17, 15) is 28.5 Å². The molecule has 4 amide bonds. The zero-order valence-electron chi connectivity index (χ0n) is 38.6. The second kappa shape index (κ2) is 26.8. The largest absolute Gasteiger partial charge is 0.524 e. The van der Waals surface area contributed by atoms with E-state index >= 15 is 0 Å². The number of nitrogens with one attached hydrogen (secondary N) is 2. The van der Waals surface area contributed by atoms with Crippen LogP contribution in [-0.4, -0.2) is 162 Å². The molecule has 0 unspecified atom stereocenters. The fourth-order valence-corrected chi connectivity index (χ4v) is 8.23. The first-order chi connectivity index (χ1) is 28.9. The second-order valence-electron chi connectivity index (χ2n) is 16.9. The van der Waals surface area contributed by atoms with Crippen LogP contribution in [0.4, 0.5) is 0 Å². The van der Waals surface area contributed by atoms with Crippen molar-refractivity contribution >= 4 is 37.4 Å². The number of carbonyl (C=O) groups is 5. The van der Waals surface area contributed by atoms with Crippen LogP contribution >= 0.6 is 7.82 Å². The number of likely N-dealkylation sites (tertiary alicyclic amines) is 1. The second-order valence-corrected chi connectivity index (χ2v) is 18.0. The fraction of sp³-hybridized carbons (Fsp3) is 0.738. The third-order valence-electron chi connectivity index (χ3n) is 11.3. The summed E-state index contributed by atoms with van der Waals surface area (Å²) >= 11 is 0. The molecule has 0 radical (unpaired) electrons. The van der Waals surface area contributed by atoms with E-state index in [1.165, 1.54) is 12.1 Å². The number of carboxylic acid groups (broad SMARTS) is 1. The van der Waals surface area contributed by atoms with Gasteiger partial charge in [-0.15, -0.1) is 0 Å². The van der Waals surface area contributed by atoms with Crippen LogP contribution in [0.15, 0.2) is 24.3 Å². The maximum absolute atomic E-state index is 14.2. The summed E-state index contributed by atoms with van der Waals surface area (Å²) in [6.07, 6.45) is 1.43. The monoisotopic (exact) mass is 903 g/mol. The maximum Gasteiger partial charge on any atom is 0.524 e. The molecule has 356 valence electrons. The van der Waals surface area contributed by atoms with E-state index in [-0.39, 0.29) is 59.6 Å². The summed E-state index contributed by atoms with van der Waals surface area (Å²) in [6.45, 7) is 13.9. The molecule has 1 aliphatic rings. The highest BCUT2D eigenvalue weighted by atomic mass is 31.2. The lowest BCUT2D eigenvalue weighted by Gasteiger charge is -2.41. The van der Waals surface area contributed by atoms with Crippen molar-refractivity contribution in [2.45, 2.75) is 123 Å². The van der Waals surface area contributed by atoms with Gasteiger partial charge in [-0.05, 0) is 68.8 Å². The first kappa shape index (κ1) is 56.3. The molecule has 20 heteroatoms. The van der Waals surface area contributed by atoms with E-state index in [1.807, 2.05) is 60.5 Å². The number of amides is 4. The molecule has 8 N–H and O–H groups in total. The Morgan fingerprint density at radius 1 is 0.952 bits per heavy atom. The molecule has 0 saturated carbocycles. The first-order valence-corrected chi connectivity index (χ1v) is 22.7. The number of aliphatic hydroxyl groups excluding tert-OH is 1. The Bertz CT molecular complexity index is 1600. The highest BCUT2D eigenvalue weighted by molar-refractivity contribution is 7.46. The van der Waals surface area contributed by atoms with Crippen molar-refractivity contribution < 1.29 is 62.5 Å². The molecule has 0 aliphatic carbocycles. The molecule has 1 fully saturated rings. The number of benzene rings is 1.